The molecule has 1 aromatic carbocycles. The van der Waals surface area contributed by atoms with Crippen molar-refractivity contribution in [1.82, 2.24) is 0 Å². The van der Waals surface area contributed by atoms with Gasteiger partial charge in [0, 0.05) is 12.5 Å². The molecule has 0 heterocycles. The summed E-state index contributed by atoms with van der Waals surface area (Å²) < 4.78 is 25.5. The number of aliphatic hydroxyl groups excluding tert-OH is 1. The molecule has 0 saturated carbocycles. The van der Waals surface area contributed by atoms with Crippen LogP contribution >= 0.6 is 0 Å². The molecule has 0 saturated heterocycles. The number of Topliss-reactive ketones (excluding diaryl/α,β-unsaturated/α-hetero) is 1. The number of hydrogen-bond donors (Lipinski definition) is 1. The molecule has 1 aromatic rings. The lowest BCUT2D eigenvalue weighted by Crippen LogP contribution is -2.21. The van der Waals surface area contributed by atoms with Crippen LogP contribution in [0.2, 0.25) is 0 Å². The Morgan fingerprint density at radius 2 is 1.87 bits per heavy atom. The third-order valence-corrected chi connectivity index (χ3v) is 2.06. The topological polar surface area (TPSA) is 37.3 Å². The summed E-state index contributed by atoms with van der Waals surface area (Å²) in [5.41, 5.74) is 0.241. The van der Waals surface area contributed by atoms with Gasteiger partial charge in [-0.25, -0.2) is 8.78 Å². The van der Waals surface area contributed by atoms with Gasteiger partial charge in [0.2, 0.25) is 0 Å². The highest BCUT2D eigenvalue weighted by Crippen LogP contribution is 2.10. The first-order chi connectivity index (χ1) is 7.02. The van der Waals surface area contributed by atoms with Crippen molar-refractivity contribution in [2.75, 3.05) is 0 Å². The molecule has 1 unspecified atom stereocenters. The fourth-order valence-corrected chi connectivity index (χ4v) is 1.26. The molecule has 82 valence electrons. The Balaban J connectivity index is 2.76. The van der Waals surface area contributed by atoms with Gasteiger partial charge in [-0.3, -0.25) is 4.79 Å². The van der Waals surface area contributed by atoms with Gasteiger partial charge in [-0.15, -0.1) is 0 Å². The lowest BCUT2D eigenvalue weighted by Gasteiger charge is -2.06. The van der Waals surface area contributed by atoms with Crippen molar-refractivity contribution in [3.8, 4) is 0 Å². The summed E-state index contributed by atoms with van der Waals surface area (Å²) in [5.74, 6) is -1.87. The van der Waals surface area contributed by atoms with E-state index < -0.39 is 23.5 Å². The van der Waals surface area contributed by atoms with E-state index in [1.54, 1.807) is 6.92 Å². The van der Waals surface area contributed by atoms with E-state index in [1.807, 2.05) is 0 Å². The molecule has 1 atom stereocenters. The average Bonchev–Trinajstić information content (AvgIpc) is 2.14. The van der Waals surface area contributed by atoms with Crippen LogP contribution in [0.4, 0.5) is 8.78 Å². The second-order valence-electron chi connectivity index (χ2n) is 3.34. The standard InChI is InChI=1S/C11H12F2O2/c1-2-10(14)11(15)5-7-3-8(12)6-9(13)4-7/h3-4,6,10,14H,2,5H2,1H3. The van der Waals surface area contributed by atoms with Crippen LogP contribution in [-0.2, 0) is 11.2 Å². The number of carbonyl (C=O) groups is 1. The van der Waals surface area contributed by atoms with Crippen molar-refractivity contribution in [2.24, 2.45) is 0 Å². The number of aliphatic hydroxyl groups is 1. The van der Waals surface area contributed by atoms with Crippen LogP contribution in [-0.4, -0.2) is 17.0 Å². The zero-order chi connectivity index (χ0) is 11.4. The first kappa shape index (κ1) is 11.8. The Labute approximate surface area is 86.5 Å². The van der Waals surface area contributed by atoms with Gasteiger partial charge in [0.15, 0.2) is 5.78 Å². The number of benzene rings is 1. The highest BCUT2D eigenvalue weighted by atomic mass is 19.1. The molecule has 0 aromatic heterocycles. The van der Waals surface area contributed by atoms with E-state index in [4.69, 9.17) is 0 Å². The molecule has 0 aliphatic rings. The van der Waals surface area contributed by atoms with Crippen LogP contribution in [0, 0.1) is 11.6 Å². The van der Waals surface area contributed by atoms with Gasteiger partial charge in [0.1, 0.15) is 17.7 Å². The Kier molecular flexibility index (Phi) is 3.91. The maximum absolute atomic E-state index is 12.7. The molecule has 4 heteroatoms. The van der Waals surface area contributed by atoms with Crippen molar-refractivity contribution < 1.29 is 18.7 Å². The lowest BCUT2D eigenvalue weighted by atomic mass is 10.0. The monoisotopic (exact) mass is 214 g/mol. The van der Waals surface area contributed by atoms with Crippen molar-refractivity contribution in [3.05, 3.63) is 35.4 Å². The second-order valence-corrected chi connectivity index (χ2v) is 3.34. The van der Waals surface area contributed by atoms with E-state index in [2.05, 4.69) is 0 Å². The molecule has 1 N–H and O–H groups in total. The van der Waals surface area contributed by atoms with Gasteiger partial charge < -0.3 is 5.11 Å². The zero-order valence-corrected chi connectivity index (χ0v) is 8.34. The van der Waals surface area contributed by atoms with Crippen LogP contribution in [0.1, 0.15) is 18.9 Å². The molecule has 0 aliphatic heterocycles. The second kappa shape index (κ2) is 4.98. The Hall–Kier alpha value is -1.29. The third kappa shape index (κ3) is 3.40. The van der Waals surface area contributed by atoms with Gasteiger partial charge in [-0.1, -0.05) is 6.92 Å². The van der Waals surface area contributed by atoms with E-state index in [1.165, 1.54) is 0 Å². The summed E-state index contributed by atoms with van der Waals surface area (Å²) >= 11 is 0. The van der Waals surface area contributed by atoms with E-state index in [0.29, 0.717) is 6.42 Å². The Morgan fingerprint density at radius 1 is 1.33 bits per heavy atom. The number of halogens is 2. The molecule has 2 nitrogen and oxygen atoms in total. The molecule has 15 heavy (non-hydrogen) atoms. The minimum absolute atomic E-state index is 0.149. The van der Waals surface area contributed by atoms with Gasteiger partial charge >= 0.3 is 0 Å². The van der Waals surface area contributed by atoms with Crippen molar-refractivity contribution in [1.29, 1.82) is 0 Å². The Bertz CT molecular complexity index is 343. The van der Waals surface area contributed by atoms with Crippen LogP contribution in [0.3, 0.4) is 0 Å². The van der Waals surface area contributed by atoms with Crippen molar-refractivity contribution in [3.63, 3.8) is 0 Å². The molecule has 0 spiro atoms. The van der Waals surface area contributed by atoms with E-state index in [-0.39, 0.29) is 12.0 Å². The summed E-state index contributed by atoms with van der Waals surface area (Å²) in [6, 6.07) is 2.91. The molecule has 1 rings (SSSR count). The fourth-order valence-electron chi connectivity index (χ4n) is 1.26. The van der Waals surface area contributed by atoms with E-state index in [9.17, 15) is 18.7 Å². The highest BCUT2D eigenvalue weighted by molar-refractivity contribution is 5.84. The largest absolute Gasteiger partial charge is 0.385 e. The predicted molar refractivity (Wildman–Crippen MR) is 51.4 cm³/mol. The van der Waals surface area contributed by atoms with Crippen LogP contribution < -0.4 is 0 Å². The Morgan fingerprint density at radius 3 is 2.33 bits per heavy atom. The number of ketones is 1. The van der Waals surface area contributed by atoms with Gasteiger partial charge in [0.05, 0.1) is 0 Å². The van der Waals surface area contributed by atoms with Crippen LogP contribution in [0.25, 0.3) is 0 Å². The number of rotatable bonds is 4. The quantitative estimate of drug-likeness (QED) is 0.830. The molecule has 0 fully saturated rings. The van der Waals surface area contributed by atoms with Gasteiger partial charge in [0.25, 0.3) is 0 Å². The zero-order valence-electron chi connectivity index (χ0n) is 8.34. The molecule has 0 radical (unpaired) electrons. The van der Waals surface area contributed by atoms with Crippen molar-refractivity contribution >= 4 is 5.78 Å². The van der Waals surface area contributed by atoms with Crippen LogP contribution in [0.5, 0.6) is 0 Å². The highest BCUT2D eigenvalue weighted by Gasteiger charge is 2.13. The number of carbonyl (C=O) groups excluding carboxylic acids is 1. The predicted octanol–water partition coefficient (Wildman–Crippen LogP) is 1.85. The molecule has 0 bridgehead atoms. The molecule has 0 aliphatic carbocycles. The maximum atomic E-state index is 12.7. The summed E-state index contributed by atoms with van der Waals surface area (Å²) in [4.78, 5) is 11.3. The van der Waals surface area contributed by atoms with Crippen LogP contribution in [0.15, 0.2) is 18.2 Å². The van der Waals surface area contributed by atoms with Gasteiger partial charge in [-0.05, 0) is 24.1 Å². The maximum Gasteiger partial charge on any atom is 0.165 e. The first-order valence-electron chi connectivity index (χ1n) is 4.68. The van der Waals surface area contributed by atoms with E-state index in [0.717, 1.165) is 18.2 Å². The molecular formula is C11H12F2O2. The summed E-state index contributed by atoms with van der Waals surface area (Å²) in [6.45, 7) is 1.66. The smallest absolute Gasteiger partial charge is 0.165 e. The SMILES string of the molecule is CCC(O)C(=O)Cc1cc(F)cc(F)c1. The molecule has 0 amide bonds. The van der Waals surface area contributed by atoms with E-state index >= 15 is 0 Å². The summed E-state index contributed by atoms with van der Waals surface area (Å²) in [6.07, 6.45) is -0.906. The van der Waals surface area contributed by atoms with Crippen molar-refractivity contribution in [2.45, 2.75) is 25.9 Å². The minimum atomic E-state index is -1.06. The normalized spacial score (nSPS) is 12.5. The summed E-state index contributed by atoms with van der Waals surface area (Å²) in [5, 5.41) is 9.19. The van der Waals surface area contributed by atoms with Gasteiger partial charge in [-0.2, -0.15) is 0 Å². The molecular weight excluding hydrogens is 202 g/mol. The lowest BCUT2D eigenvalue weighted by molar-refractivity contribution is -0.126. The average molecular weight is 214 g/mol. The fraction of sp³-hybridized carbons (Fsp3) is 0.364. The summed E-state index contributed by atoms with van der Waals surface area (Å²) in [7, 11) is 0. The third-order valence-electron chi connectivity index (χ3n) is 2.06. The first-order valence-corrected chi connectivity index (χ1v) is 4.68. The minimum Gasteiger partial charge on any atom is -0.385 e. The number of hydrogen-bond acceptors (Lipinski definition) is 2.